The summed E-state index contributed by atoms with van der Waals surface area (Å²) in [6.07, 6.45) is 5.57. The second kappa shape index (κ2) is 7.67. The molecule has 3 rings (SSSR count). The zero-order valence-corrected chi connectivity index (χ0v) is 14.8. The Kier molecular flexibility index (Phi) is 5.37. The van der Waals surface area contributed by atoms with Crippen LogP contribution in [0.15, 0.2) is 29.9 Å². The van der Waals surface area contributed by atoms with Crippen LogP contribution >= 0.6 is 11.3 Å². The molecule has 3 heterocycles. The summed E-state index contributed by atoms with van der Waals surface area (Å²) in [5, 5.41) is 10.8. The third-order valence-corrected chi connectivity index (χ3v) is 5.21. The van der Waals surface area contributed by atoms with Crippen molar-refractivity contribution in [3.8, 4) is 0 Å². The Morgan fingerprint density at radius 2 is 2.29 bits per heavy atom. The van der Waals surface area contributed by atoms with Crippen LogP contribution < -0.4 is 9.80 Å². The van der Waals surface area contributed by atoms with E-state index in [2.05, 4.69) is 25.0 Å². The van der Waals surface area contributed by atoms with Crippen LogP contribution in [0.2, 0.25) is 0 Å². The van der Waals surface area contributed by atoms with Gasteiger partial charge in [0, 0.05) is 44.0 Å². The van der Waals surface area contributed by atoms with E-state index in [0.717, 1.165) is 36.9 Å². The molecular formula is C16H22N6OS. The van der Waals surface area contributed by atoms with Gasteiger partial charge in [-0.1, -0.05) is 0 Å². The second-order valence-corrected chi connectivity index (χ2v) is 6.88. The predicted molar refractivity (Wildman–Crippen MR) is 95.4 cm³/mol. The second-order valence-electron chi connectivity index (χ2n) is 6.01. The molecule has 1 unspecified atom stereocenters. The standard InChI is InChI=1S/C16H22N6OS/c1-20(12-15(23)21(2)16-17-8-10-24-16)13-5-4-9-22(11-13)14-6-3-7-18-19-14/h3,6-8,10,13H,4-5,9,11-12H2,1-2H3. The molecule has 2 aromatic rings. The Hall–Kier alpha value is -2.06. The first-order valence-corrected chi connectivity index (χ1v) is 8.92. The Balaban J connectivity index is 1.58. The summed E-state index contributed by atoms with van der Waals surface area (Å²) in [6, 6.07) is 4.22. The molecule has 0 bridgehead atoms. The van der Waals surface area contributed by atoms with E-state index in [1.54, 1.807) is 24.3 Å². The van der Waals surface area contributed by atoms with Gasteiger partial charge in [-0.05, 0) is 32.0 Å². The predicted octanol–water partition coefficient (Wildman–Crippen LogP) is 1.50. The molecule has 0 N–H and O–H groups in total. The first-order valence-electron chi connectivity index (χ1n) is 8.04. The largest absolute Gasteiger partial charge is 0.354 e. The molecule has 0 aliphatic carbocycles. The van der Waals surface area contributed by atoms with E-state index in [4.69, 9.17) is 0 Å². The van der Waals surface area contributed by atoms with Crippen LogP contribution in [-0.4, -0.2) is 65.8 Å². The minimum atomic E-state index is 0.0593. The lowest BCUT2D eigenvalue weighted by Gasteiger charge is -2.38. The highest BCUT2D eigenvalue weighted by Gasteiger charge is 2.26. The minimum absolute atomic E-state index is 0.0593. The fourth-order valence-corrected chi connectivity index (χ4v) is 3.55. The topological polar surface area (TPSA) is 65.5 Å². The molecule has 8 heteroatoms. The highest BCUT2D eigenvalue weighted by atomic mass is 32.1. The molecule has 0 saturated carbocycles. The Labute approximate surface area is 145 Å². The number of likely N-dealkylation sites (N-methyl/N-ethyl adjacent to an activating group) is 2. The molecule has 1 fully saturated rings. The monoisotopic (exact) mass is 346 g/mol. The zero-order chi connectivity index (χ0) is 16.9. The van der Waals surface area contributed by atoms with Crippen molar-refractivity contribution in [2.45, 2.75) is 18.9 Å². The number of nitrogens with zero attached hydrogens (tertiary/aromatic N) is 6. The normalized spacial score (nSPS) is 18.0. The number of amides is 1. The maximum absolute atomic E-state index is 12.5. The Morgan fingerprint density at radius 1 is 1.42 bits per heavy atom. The van der Waals surface area contributed by atoms with Crippen molar-refractivity contribution in [2.24, 2.45) is 0 Å². The highest BCUT2D eigenvalue weighted by Crippen LogP contribution is 2.20. The van der Waals surface area contributed by atoms with Crippen molar-refractivity contribution >= 4 is 28.2 Å². The van der Waals surface area contributed by atoms with Crippen LogP contribution in [0.25, 0.3) is 0 Å². The maximum atomic E-state index is 12.5. The quantitative estimate of drug-likeness (QED) is 0.817. The van der Waals surface area contributed by atoms with Gasteiger partial charge in [-0.2, -0.15) is 5.10 Å². The number of rotatable bonds is 5. The van der Waals surface area contributed by atoms with E-state index in [1.165, 1.54) is 11.3 Å². The van der Waals surface area contributed by atoms with E-state index in [-0.39, 0.29) is 5.91 Å². The third kappa shape index (κ3) is 3.88. The highest BCUT2D eigenvalue weighted by molar-refractivity contribution is 7.13. The summed E-state index contributed by atoms with van der Waals surface area (Å²) in [7, 11) is 3.79. The summed E-state index contributed by atoms with van der Waals surface area (Å²) in [5.41, 5.74) is 0. The smallest absolute Gasteiger partial charge is 0.242 e. The third-order valence-electron chi connectivity index (χ3n) is 4.37. The van der Waals surface area contributed by atoms with Crippen molar-refractivity contribution in [2.75, 3.05) is 43.5 Å². The van der Waals surface area contributed by atoms with Gasteiger partial charge in [0.05, 0.1) is 6.54 Å². The molecule has 0 radical (unpaired) electrons. The van der Waals surface area contributed by atoms with E-state index >= 15 is 0 Å². The number of hydrogen-bond acceptors (Lipinski definition) is 7. The van der Waals surface area contributed by atoms with Gasteiger partial charge in [0.2, 0.25) is 5.91 Å². The van der Waals surface area contributed by atoms with Crippen LogP contribution in [0.5, 0.6) is 0 Å². The van der Waals surface area contributed by atoms with Gasteiger partial charge in [0.15, 0.2) is 10.9 Å². The lowest BCUT2D eigenvalue weighted by Crippen LogP contribution is -2.49. The van der Waals surface area contributed by atoms with E-state index in [1.807, 2.05) is 24.6 Å². The number of piperidine rings is 1. The molecule has 0 spiro atoms. The van der Waals surface area contributed by atoms with E-state index in [0.29, 0.717) is 12.6 Å². The fourth-order valence-electron chi connectivity index (χ4n) is 2.92. The van der Waals surface area contributed by atoms with Gasteiger partial charge in [-0.15, -0.1) is 16.4 Å². The van der Waals surface area contributed by atoms with Gasteiger partial charge in [-0.3, -0.25) is 14.6 Å². The number of carbonyl (C=O) groups excluding carboxylic acids is 1. The summed E-state index contributed by atoms with van der Waals surface area (Å²) in [5.74, 6) is 0.964. The first-order chi connectivity index (χ1) is 11.6. The molecule has 1 aliphatic heterocycles. The lowest BCUT2D eigenvalue weighted by atomic mass is 10.0. The molecule has 0 aromatic carbocycles. The summed E-state index contributed by atoms with van der Waals surface area (Å²) < 4.78 is 0. The molecular weight excluding hydrogens is 324 g/mol. The molecule has 1 saturated heterocycles. The number of aromatic nitrogens is 3. The molecule has 7 nitrogen and oxygen atoms in total. The molecule has 128 valence electrons. The zero-order valence-electron chi connectivity index (χ0n) is 14.0. The number of thiazole rings is 1. The van der Waals surface area contributed by atoms with Crippen molar-refractivity contribution in [3.63, 3.8) is 0 Å². The average molecular weight is 346 g/mol. The molecule has 1 aliphatic rings. The fraction of sp³-hybridized carbons (Fsp3) is 0.500. The van der Waals surface area contributed by atoms with Crippen molar-refractivity contribution in [1.82, 2.24) is 20.1 Å². The van der Waals surface area contributed by atoms with Gasteiger partial charge in [-0.25, -0.2) is 4.98 Å². The number of carbonyl (C=O) groups is 1. The van der Waals surface area contributed by atoms with Gasteiger partial charge < -0.3 is 4.90 Å². The Bertz CT molecular complexity index is 650. The molecule has 2 aromatic heterocycles. The van der Waals surface area contributed by atoms with Crippen LogP contribution in [-0.2, 0) is 4.79 Å². The SMILES string of the molecule is CN(C(=O)CN(C)C1CCCN(c2cccnn2)C1)c1nccs1. The first kappa shape index (κ1) is 16.8. The Morgan fingerprint density at radius 3 is 3.00 bits per heavy atom. The summed E-state index contributed by atoms with van der Waals surface area (Å²) in [4.78, 5) is 22.7. The summed E-state index contributed by atoms with van der Waals surface area (Å²) in [6.45, 7) is 2.23. The number of hydrogen-bond donors (Lipinski definition) is 0. The minimum Gasteiger partial charge on any atom is -0.354 e. The van der Waals surface area contributed by atoms with Crippen molar-refractivity contribution in [1.29, 1.82) is 0 Å². The van der Waals surface area contributed by atoms with E-state index < -0.39 is 0 Å². The molecule has 1 amide bonds. The van der Waals surface area contributed by atoms with Crippen molar-refractivity contribution < 1.29 is 4.79 Å². The molecule has 24 heavy (non-hydrogen) atoms. The van der Waals surface area contributed by atoms with E-state index in [9.17, 15) is 4.79 Å². The van der Waals surface area contributed by atoms with Gasteiger partial charge in [0.1, 0.15) is 0 Å². The maximum Gasteiger partial charge on any atom is 0.242 e. The number of anilines is 2. The summed E-state index contributed by atoms with van der Waals surface area (Å²) >= 11 is 1.47. The van der Waals surface area contributed by atoms with Crippen LogP contribution in [0.4, 0.5) is 10.9 Å². The molecule has 1 atom stereocenters. The average Bonchev–Trinajstić information content (AvgIpc) is 3.16. The lowest BCUT2D eigenvalue weighted by molar-refractivity contribution is -0.119. The van der Waals surface area contributed by atoms with Crippen LogP contribution in [0.3, 0.4) is 0 Å². The van der Waals surface area contributed by atoms with Gasteiger partial charge >= 0.3 is 0 Å². The van der Waals surface area contributed by atoms with Crippen LogP contribution in [0, 0.1) is 0 Å². The van der Waals surface area contributed by atoms with Gasteiger partial charge in [0.25, 0.3) is 0 Å². The van der Waals surface area contributed by atoms with Crippen molar-refractivity contribution in [3.05, 3.63) is 29.9 Å². The van der Waals surface area contributed by atoms with Crippen LogP contribution in [0.1, 0.15) is 12.8 Å².